The van der Waals surface area contributed by atoms with Crippen molar-refractivity contribution < 1.29 is 9.84 Å². The van der Waals surface area contributed by atoms with Gasteiger partial charge in [-0.25, -0.2) is 0 Å². The molecule has 1 heterocycles. The van der Waals surface area contributed by atoms with Crippen molar-refractivity contribution in [2.45, 2.75) is 38.4 Å². The minimum Gasteiger partial charge on any atom is -0.391 e. The Balaban J connectivity index is 2.05. The summed E-state index contributed by atoms with van der Waals surface area (Å²) in [6, 6.07) is 0. The molecule has 1 rings (SSSR count). The van der Waals surface area contributed by atoms with E-state index in [0.717, 1.165) is 25.9 Å². The molecule has 0 aromatic carbocycles. The average molecular weight is 173 g/mol. The first kappa shape index (κ1) is 9.96. The first-order valence-corrected chi connectivity index (χ1v) is 4.83. The molecule has 2 unspecified atom stereocenters. The first-order valence-electron chi connectivity index (χ1n) is 4.83. The highest BCUT2D eigenvalue weighted by Crippen LogP contribution is 2.06. The monoisotopic (exact) mass is 173 g/mol. The molecule has 0 saturated carbocycles. The van der Waals surface area contributed by atoms with Crippen LogP contribution in [-0.2, 0) is 4.74 Å². The molecular weight excluding hydrogens is 154 g/mol. The topological polar surface area (TPSA) is 41.5 Å². The molecule has 0 aromatic heterocycles. The minimum absolute atomic E-state index is 0.285. The van der Waals surface area contributed by atoms with Gasteiger partial charge in [0.15, 0.2) is 0 Å². The Morgan fingerprint density at radius 3 is 3.08 bits per heavy atom. The Labute approximate surface area is 74.1 Å². The largest absolute Gasteiger partial charge is 0.391 e. The normalized spacial score (nSPS) is 27.0. The van der Waals surface area contributed by atoms with Crippen molar-refractivity contribution in [3.05, 3.63) is 0 Å². The lowest BCUT2D eigenvalue weighted by Gasteiger charge is -2.24. The van der Waals surface area contributed by atoms with Crippen LogP contribution in [0.25, 0.3) is 0 Å². The molecule has 0 amide bonds. The molecule has 1 aliphatic rings. The van der Waals surface area contributed by atoms with Gasteiger partial charge < -0.3 is 15.2 Å². The van der Waals surface area contributed by atoms with Gasteiger partial charge in [-0.2, -0.15) is 0 Å². The Bertz CT molecular complexity index is 113. The molecule has 0 aromatic rings. The van der Waals surface area contributed by atoms with Crippen LogP contribution in [0.15, 0.2) is 0 Å². The number of rotatable bonds is 4. The second-order valence-electron chi connectivity index (χ2n) is 3.36. The van der Waals surface area contributed by atoms with Crippen LogP contribution in [0.4, 0.5) is 0 Å². The van der Waals surface area contributed by atoms with Gasteiger partial charge in [0.1, 0.15) is 0 Å². The Morgan fingerprint density at radius 2 is 2.50 bits per heavy atom. The van der Waals surface area contributed by atoms with E-state index in [4.69, 9.17) is 4.74 Å². The number of nitrogens with one attached hydrogen (secondary N) is 1. The van der Waals surface area contributed by atoms with Crippen LogP contribution in [0, 0.1) is 0 Å². The maximum Gasteiger partial charge on any atom is 0.0771 e. The van der Waals surface area contributed by atoms with Crippen LogP contribution in [0.2, 0.25) is 0 Å². The minimum atomic E-state index is -0.285. The third-order valence-electron chi connectivity index (χ3n) is 2.25. The van der Waals surface area contributed by atoms with Crippen LogP contribution in [-0.4, -0.2) is 37.0 Å². The van der Waals surface area contributed by atoms with E-state index in [1.165, 1.54) is 6.42 Å². The standard InChI is InChI=1S/C9H19NO2/c1-2-8(11)7-12-9-4-3-5-10-6-9/h8-11H,2-7H2,1H3. The highest BCUT2D eigenvalue weighted by molar-refractivity contribution is 4.69. The third kappa shape index (κ3) is 3.52. The van der Waals surface area contributed by atoms with Crippen molar-refractivity contribution in [2.24, 2.45) is 0 Å². The van der Waals surface area contributed by atoms with Gasteiger partial charge in [0.25, 0.3) is 0 Å². The van der Waals surface area contributed by atoms with Gasteiger partial charge in [-0.3, -0.25) is 0 Å². The van der Waals surface area contributed by atoms with E-state index in [2.05, 4.69) is 5.32 Å². The van der Waals surface area contributed by atoms with E-state index in [1.54, 1.807) is 0 Å². The number of aliphatic hydroxyl groups excluding tert-OH is 1. The molecule has 0 spiro atoms. The number of ether oxygens (including phenoxy) is 1. The fraction of sp³-hybridized carbons (Fsp3) is 1.00. The fourth-order valence-corrected chi connectivity index (χ4v) is 1.33. The highest BCUT2D eigenvalue weighted by Gasteiger charge is 2.14. The van der Waals surface area contributed by atoms with Crippen LogP contribution < -0.4 is 5.32 Å². The van der Waals surface area contributed by atoms with Crippen LogP contribution >= 0.6 is 0 Å². The summed E-state index contributed by atoms with van der Waals surface area (Å²) in [5.41, 5.74) is 0. The number of hydrogen-bond acceptors (Lipinski definition) is 3. The Kier molecular flexibility index (Phi) is 4.58. The quantitative estimate of drug-likeness (QED) is 0.651. The molecule has 0 bridgehead atoms. The van der Waals surface area contributed by atoms with Crippen molar-refractivity contribution in [3.8, 4) is 0 Å². The lowest BCUT2D eigenvalue weighted by molar-refractivity contribution is -0.0188. The fourth-order valence-electron chi connectivity index (χ4n) is 1.33. The number of hydrogen-bond donors (Lipinski definition) is 2. The van der Waals surface area contributed by atoms with Crippen LogP contribution in [0.3, 0.4) is 0 Å². The summed E-state index contributed by atoms with van der Waals surface area (Å²) < 4.78 is 5.52. The van der Waals surface area contributed by atoms with Gasteiger partial charge in [0, 0.05) is 6.54 Å². The van der Waals surface area contributed by atoms with Crippen molar-refractivity contribution in [1.29, 1.82) is 0 Å². The average Bonchev–Trinajstić information content (AvgIpc) is 2.16. The summed E-state index contributed by atoms with van der Waals surface area (Å²) >= 11 is 0. The van der Waals surface area contributed by atoms with E-state index in [-0.39, 0.29) is 6.10 Å². The molecule has 0 radical (unpaired) electrons. The van der Waals surface area contributed by atoms with E-state index < -0.39 is 0 Å². The molecule has 2 N–H and O–H groups in total. The zero-order valence-electron chi connectivity index (χ0n) is 7.75. The van der Waals surface area contributed by atoms with Crippen LogP contribution in [0.1, 0.15) is 26.2 Å². The van der Waals surface area contributed by atoms with Gasteiger partial charge in [-0.05, 0) is 25.8 Å². The lowest BCUT2D eigenvalue weighted by atomic mass is 10.1. The van der Waals surface area contributed by atoms with E-state index in [1.807, 2.05) is 6.92 Å². The van der Waals surface area contributed by atoms with Gasteiger partial charge >= 0.3 is 0 Å². The maximum absolute atomic E-state index is 9.24. The molecule has 3 heteroatoms. The summed E-state index contributed by atoms with van der Waals surface area (Å²) in [5, 5.41) is 12.5. The predicted octanol–water partition coefficient (Wildman–Crippen LogP) is 0.526. The predicted molar refractivity (Wildman–Crippen MR) is 48.1 cm³/mol. The van der Waals surface area contributed by atoms with Gasteiger partial charge in [-0.15, -0.1) is 0 Å². The summed E-state index contributed by atoms with van der Waals surface area (Å²) in [7, 11) is 0. The molecule has 72 valence electrons. The third-order valence-corrected chi connectivity index (χ3v) is 2.25. The number of aliphatic hydroxyl groups is 1. The van der Waals surface area contributed by atoms with E-state index in [9.17, 15) is 5.11 Å². The molecule has 1 fully saturated rings. The van der Waals surface area contributed by atoms with Crippen molar-refractivity contribution in [2.75, 3.05) is 19.7 Å². The highest BCUT2D eigenvalue weighted by atomic mass is 16.5. The zero-order chi connectivity index (χ0) is 8.81. The van der Waals surface area contributed by atoms with Crippen molar-refractivity contribution in [1.82, 2.24) is 5.32 Å². The summed E-state index contributed by atoms with van der Waals surface area (Å²) in [6.07, 6.45) is 3.13. The first-order chi connectivity index (χ1) is 5.83. The van der Waals surface area contributed by atoms with Crippen molar-refractivity contribution in [3.63, 3.8) is 0 Å². The molecular formula is C9H19NO2. The van der Waals surface area contributed by atoms with Gasteiger partial charge in [-0.1, -0.05) is 6.92 Å². The van der Waals surface area contributed by atoms with Gasteiger partial charge in [0.2, 0.25) is 0 Å². The van der Waals surface area contributed by atoms with E-state index in [0.29, 0.717) is 12.7 Å². The molecule has 1 aliphatic heterocycles. The summed E-state index contributed by atoms with van der Waals surface area (Å²) in [6.45, 7) is 4.50. The molecule has 12 heavy (non-hydrogen) atoms. The maximum atomic E-state index is 9.24. The Hall–Kier alpha value is -0.120. The van der Waals surface area contributed by atoms with Crippen molar-refractivity contribution >= 4 is 0 Å². The summed E-state index contributed by atoms with van der Waals surface area (Å²) in [4.78, 5) is 0. The second kappa shape index (κ2) is 5.51. The second-order valence-corrected chi connectivity index (χ2v) is 3.36. The molecule has 0 aliphatic carbocycles. The lowest BCUT2D eigenvalue weighted by Crippen LogP contribution is -2.36. The summed E-state index contributed by atoms with van der Waals surface area (Å²) in [5.74, 6) is 0. The SMILES string of the molecule is CCC(O)COC1CCCNC1. The smallest absolute Gasteiger partial charge is 0.0771 e. The number of piperidine rings is 1. The molecule has 3 nitrogen and oxygen atoms in total. The van der Waals surface area contributed by atoms with Crippen LogP contribution in [0.5, 0.6) is 0 Å². The Morgan fingerprint density at radius 1 is 1.67 bits per heavy atom. The van der Waals surface area contributed by atoms with Gasteiger partial charge in [0.05, 0.1) is 18.8 Å². The zero-order valence-corrected chi connectivity index (χ0v) is 7.75. The van der Waals surface area contributed by atoms with E-state index >= 15 is 0 Å². The molecule has 2 atom stereocenters. The molecule has 1 saturated heterocycles.